The van der Waals surface area contributed by atoms with E-state index in [1.165, 1.54) is 6.07 Å². The van der Waals surface area contributed by atoms with Crippen molar-refractivity contribution >= 4 is 45.8 Å². The van der Waals surface area contributed by atoms with Crippen LogP contribution in [0.2, 0.25) is 10.0 Å². The fourth-order valence-electron chi connectivity index (χ4n) is 3.28. The second-order valence-corrected chi connectivity index (χ2v) is 8.05. The van der Waals surface area contributed by atoms with Crippen molar-refractivity contribution in [2.24, 2.45) is 0 Å². The average Bonchev–Trinajstić information content (AvgIpc) is 2.82. The number of ether oxygens (including phenoxy) is 2. The number of anilines is 1. The quantitative estimate of drug-likeness (QED) is 0.358. The van der Waals surface area contributed by atoms with Gasteiger partial charge in [0.1, 0.15) is 11.3 Å². The molecule has 0 atom stereocenters. The number of halogens is 2. The molecule has 8 heteroatoms. The van der Waals surface area contributed by atoms with Gasteiger partial charge in [-0.25, -0.2) is 0 Å². The summed E-state index contributed by atoms with van der Waals surface area (Å²) in [6.07, 6.45) is 0. The highest BCUT2D eigenvalue weighted by Gasteiger charge is 2.19. The SMILES string of the molecule is COc1ccc(-c2oc3ccc(Cl)cc3c(=O)c2OCC(=O)Nc2cccc(Cl)c2C)cc1. The summed E-state index contributed by atoms with van der Waals surface area (Å²) in [4.78, 5) is 25.8. The van der Waals surface area contributed by atoms with Crippen LogP contribution in [0.5, 0.6) is 11.5 Å². The molecule has 0 unspecified atom stereocenters. The van der Waals surface area contributed by atoms with Crippen LogP contribution in [0, 0.1) is 6.92 Å². The Bertz CT molecular complexity index is 1400. The number of fused-ring (bicyclic) bond motifs is 1. The Labute approximate surface area is 199 Å². The first kappa shape index (κ1) is 22.7. The van der Waals surface area contributed by atoms with Crippen LogP contribution in [0.25, 0.3) is 22.3 Å². The average molecular weight is 484 g/mol. The van der Waals surface area contributed by atoms with Gasteiger partial charge in [-0.1, -0.05) is 29.3 Å². The van der Waals surface area contributed by atoms with E-state index in [9.17, 15) is 9.59 Å². The van der Waals surface area contributed by atoms with Crippen LogP contribution in [0.3, 0.4) is 0 Å². The van der Waals surface area contributed by atoms with Gasteiger partial charge in [-0.15, -0.1) is 0 Å². The predicted octanol–water partition coefficient (Wildman–Crippen LogP) is 6.10. The van der Waals surface area contributed by atoms with E-state index in [2.05, 4.69) is 5.32 Å². The zero-order chi connectivity index (χ0) is 23.5. The molecule has 1 heterocycles. The number of methoxy groups -OCH3 is 1. The Morgan fingerprint density at radius 2 is 1.82 bits per heavy atom. The van der Waals surface area contributed by atoms with Crippen molar-refractivity contribution in [2.45, 2.75) is 6.92 Å². The normalized spacial score (nSPS) is 10.8. The summed E-state index contributed by atoms with van der Waals surface area (Å²) in [6.45, 7) is 1.38. The molecule has 0 aliphatic rings. The Balaban J connectivity index is 1.70. The molecule has 0 radical (unpaired) electrons. The van der Waals surface area contributed by atoms with E-state index >= 15 is 0 Å². The number of nitrogens with one attached hydrogen (secondary N) is 1. The highest BCUT2D eigenvalue weighted by atomic mass is 35.5. The van der Waals surface area contributed by atoms with E-state index in [0.717, 1.165) is 5.56 Å². The van der Waals surface area contributed by atoms with Gasteiger partial charge >= 0.3 is 0 Å². The second-order valence-electron chi connectivity index (χ2n) is 7.21. The first-order valence-corrected chi connectivity index (χ1v) is 10.7. The predicted molar refractivity (Wildman–Crippen MR) is 130 cm³/mol. The van der Waals surface area contributed by atoms with Crippen LogP contribution in [0.15, 0.2) is 69.9 Å². The highest BCUT2D eigenvalue weighted by molar-refractivity contribution is 6.32. The molecule has 4 rings (SSSR count). The molecule has 0 aliphatic carbocycles. The summed E-state index contributed by atoms with van der Waals surface area (Å²) < 4.78 is 16.9. The molecule has 6 nitrogen and oxygen atoms in total. The van der Waals surface area contributed by atoms with Gasteiger partial charge in [0.25, 0.3) is 5.91 Å². The van der Waals surface area contributed by atoms with E-state index in [0.29, 0.717) is 32.6 Å². The maximum atomic E-state index is 13.3. The molecule has 0 fully saturated rings. The molecule has 0 aliphatic heterocycles. The van der Waals surface area contributed by atoms with Crippen LogP contribution in [0.4, 0.5) is 5.69 Å². The lowest BCUT2D eigenvalue weighted by molar-refractivity contribution is -0.118. The maximum Gasteiger partial charge on any atom is 0.262 e. The van der Waals surface area contributed by atoms with Gasteiger partial charge in [-0.3, -0.25) is 9.59 Å². The number of carbonyl (C=O) groups excluding carboxylic acids is 1. The molecule has 0 saturated carbocycles. The van der Waals surface area contributed by atoms with Crippen LogP contribution in [-0.2, 0) is 4.79 Å². The minimum absolute atomic E-state index is 0.0899. The van der Waals surface area contributed by atoms with Crippen molar-refractivity contribution in [3.05, 3.63) is 86.5 Å². The van der Waals surface area contributed by atoms with Crippen molar-refractivity contribution in [3.8, 4) is 22.8 Å². The number of amides is 1. The Hall–Kier alpha value is -3.48. The minimum atomic E-state index is -0.452. The minimum Gasteiger partial charge on any atom is -0.497 e. The molecule has 0 spiro atoms. The summed E-state index contributed by atoms with van der Waals surface area (Å²) in [7, 11) is 1.56. The van der Waals surface area contributed by atoms with Crippen LogP contribution in [0.1, 0.15) is 5.56 Å². The molecule has 168 valence electrons. The van der Waals surface area contributed by atoms with E-state index in [-0.39, 0.29) is 16.9 Å². The van der Waals surface area contributed by atoms with Gasteiger partial charge in [-0.05, 0) is 67.1 Å². The van der Waals surface area contributed by atoms with Gasteiger partial charge < -0.3 is 19.2 Å². The van der Waals surface area contributed by atoms with Crippen molar-refractivity contribution in [3.63, 3.8) is 0 Å². The number of hydrogen-bond donors (Lipinski definition) is 1. The Kier molecular flexibility index (Phi) is 6.58. The van der Waals surface area contributed by atoms with Gasteiger partial charge in [0, 0.05) is 21.3 Å². The molecule has 33 heavy (non-hydrogen) atoms. The van der Waals surface area contributed by atoms with E-state index in [4.69, 9.17) is 37.1 Å². The first-order valence-electron chi connectivity index (χ1n) is 9.96. The maximum absolute atomic E-state index is 13.3. The fourth-order valence-corrected chi connectivity index (χ4v) is 3.63. The van der Waals surface area contributed by atoms with Crippen LogP contribution >= 0.6 is 23.2 Å². The molecule has 0 bridgehead atoms. The molecular weight excluding hydrogens is 465 g/mol. The van der Waals surface area contributed by atoms with Crippen LogP contribution < -0.4 is 20.2 Å². The molecular formula is C25H19Cl2NO5. The number of carbonyl (C=O) groups is 1. The number of hydrogen-bond acceptors (Lipinski definition) is 5. The molecule has 1 N–H and O–H groups in total. The van der Waals surface area contributed by atoms with Gasteiger partial charge in [0.05, 0.1) is 12.5 Å². The molecule has 4 aromatic rings. The summed E-state index contributed by atoms with van der Waals surface area (Å²) in [5.41, 5.74) is 1.79. The highest BCUT2D eigenvalue weighted by Crippen LogP contribution is 2.33. The first-order chi connectivity index (χ1) is 15.9. The summed E-state index contributed by atoms with van der Waals surface area (Å²) >= 11 is 12.2. The van der Waals surface area contributed by atoms with Crippen molar-refractivity contribution in [1.29, 1.82) is 0 Å². The Morgan fingerprint density at radius 3 is 2.55 bits per heavy atom. The van der Waals surface area contributed by atoms with E-state index in [1.54, 1.807) is 68.6 Å². The topological polar surface area (TPSA) is 77.8 Å². The third-order valence-electron chi connectivity index (χ3n) is 5.05. The summed E-state index contributed by atoms with van der Waals surface area (Å²) in [6, 6.07) is 16.9. The number of benzene rings is 3. The monoisotopic (exact) mass is 483 g/mol. The molecule has 0 saturated heterocycles. The van der Waals surface area contributed by atoms with Crippen molar-refractivity contribution in [1.82, 2.24) is 0 Å². The lowest BCUT2D eigenvalue weighted by Crippen LogP contribution is -2.23. The Morgan fingerprint density at radius 1 is 1.06 bits per heavy atom. The van der Waals surface area contributed by atoms with E-state index < -0.39 is 17.9 Å². The van der Waals surface area contributed by atoms with Crippen LogP contribution in [-0.4, -0.2) is 19.6 Å². The second kappa shape index (κ2) is 9.57. The lowest BCUT2D eigenvalue weighted by atomic mass is 10.1. The van der Waals surface area contributed by atoms with Gasteiger partial charge in [-0.2, -0.15) is 0 Å². The molecule has 1 amide bonds. The van der Waals surface area contributed by atoms with Gasteiger partial charge in [0.2, 0.25) is 11.2 Å². The number of rotatable bonds is 6. The summed E-state index contributed by atoms with van der Waals surface area (Å²) in [5.74, 6) is 0.302. The van der Waals surface area contributed by atoms with Gasteiger partial charge in [0.15, 0.2) is 12.4 Å². The zero-order valence-corrected chi connectivity index (χ0v) is 19.3. The third-order valence-corrected chi connectivity index (χ3v) is 5.70. The third kappa shape index (κ3) is 4.82. The molecule has 1 aromatic heterocycles. The van der Waals surface area contributed by atoms with E-state index in [1.807, 2.05) is 0 Å². The largest absolute Gasteiger partial charge is 0.497 e. The van der Waals surface area contributed by atoms with Crippen molar-refractivity contribution < 1.29 is 18.7 Å². The fraction of sp³-hybridized carbons (Fsp3) is 0.120. The smallest absolute Gasteiger partial charge is 0.262 e. The zero-order valence-electron chi connectivity index (χ0n) is 17.8. The standard InChI is InChI=1S/C25H19Cl2NO5/c1-14-19(27)4-3-5-20(14)28-22(29)13-32-25-23(30)18-12-16(26)8-11-21(18)33-24(25)15-6-9-17(31-2)10-7-15/h3-12H,13H2,1-2H3,(H,28,29). The summed E-state index contributed by atoms with van der Waals surface area (Å²) in [5, 5.41) is 3.91. The van der Waals surface area contributed by atoms with Crippen molar-refractivity contribution in [2.75, 3.05) is 19.0 Å². The lowest BCUT2D eigenvalue weighted by Gasteiger charge is -2.13. The molecule has 3 aromatic carbocycles.